The number of carbonyl (C=O) groups is 2. The predicted octanol–water partition coefficient (Wildman–Crippen LogP) is 1.92. The third kappa shape index (κ3) is 4.42. The van der Waals surface area contributed by atoms with Crippen LogP contribution in [0, 0.1) is 0 Å². The number of nitrogens with two attached hydrogens (primary N) is 1. The molecule has 1 saturated heterocycles. The van der Waals surface area contributed by atoms with E-state index in [-0.39, 0.29) is 23.5 Å². The van der Waals surface area contributed by atoms with E-state index >= 15 is 0 Å². The summed E-state index contributed by atoms with van der Waals surface area (Å²) in [6.07, 6.45) is -0.00167. The molecule has 1 aromatic heterocycles. The number of hydrogen-bond donors (Lipinski definition) is 4. The molecule has 0 amide bonds. The number of hydrogen-bond acceptors (Lipinski definition) is 7. The molecule has 0 bridgehead atoms. The van der Waals surface area contributed by atoms with Crippen LogP contribution in [0.4, 0.5) is 5.82 Å². The molecule has 0 radical (unpaired) electrons. The lowest BCUT2D eigenvalue weighted by Crippen LogP contribution is -2.24. The van der Waals surface area contributed by atoms with E-state index in [4.69, 9.17) is 19.9 Å². The van der Waals surface area contributed by atoms with Gasteiger partial charge in [0.2, 0.25) is 0 Å². The van der Waals surface area contributed by atoms with Crippen molar-refractivity contribution >= 4 is 33.7 Å². The van der Waals surface area contributed by atoms with Gasteiger partial charge in [-0.05, 0) is 18.2 Å². The average molecular weight is 469 g/mol. The maximum atomic E-state index is 12.2. The van der Waals surface area contributed by atoms with E-state index in [1.54, 1.807) is 6.07 Å². The van der Waals surface area contributed by atoms with Crippen LogP contribution in [0.15, 0.2) is 27.5 Å². The quantitative estimate of drug-likeness (QED) is 0.475. The van der Waals surface area contributed by atoms with Crippen molar-refractivity contribution in [2.75, 3.05) is 25.6 Å². The summed E-state index contributed by atoms with van der Waals surface area (Å²) in [6, 6.07) is 4.63. The molecule has 1 aromatic carbocycles. The Hall–Kier alpha value is -2.89. The summed E-state index contributed by atoms with van der Waals surface area (Å²) in [5.41, 5.74) is 3.14. The molecule has 2 heterocycles. The smallest absolute Gasteiger partial charge is 0.342 e. The Bertz CT molecular complexity index is 1010. The molecular weight excluding hydrogens is 452 g/mol. The highest BCUT2D eigenvalue weighted by atomic mass is 79.9. The Morgan fingerprint density at radius 1 is 1.21 bits per heavy atom. The van der Waals surface area contributed by atoms with E-state index in [9.17, 15) is 24.6 Å². The van der Waals surface area contributed by atoms with Crippen molar-refractivity contribution in [3.05, 3.63) is 44.2 Å². The van der Waals surface area contributed by atoms with E-state index in [2.05, 4.69) is 20.9 Å². The fourth-order valence-electron chi connectivity index (χ4n) is 2.98. The Morgan fingerprint density at radius 3 is 2.48 bits per heavy atom. The number of aromatic amines is 1. The average Bonchev–Trinajstić information content (AvgIpc) is 3.15. The zero-order valence-corrected chi connectivity index (χ0v) is 16.5. The van der Waals surface area contributed by atoms with E-state index in [0.29, 0.717) is 24.1 Å². The number of benzene rings is 1. The van der Waals surface area contributed by atoms with Gasteiger partial charge in [0.1, 0.15) is 22.7 Å². The first-order chi connectivity index (χ1) is 13.8. The number of halogens is 1. The normalized spacial score (nSPS) is 14.1. The number of carboxylic acid groups (broad SMARTS) is 2. The molecule has 1 fully saturated rings. The van der Waals surface area contributed by atoms with Crippen LogP contribution >= 0.6 is 15.9 Å². The fourth-order valence-corrected chi connectivity index (χ4v) is 3.34. The second-order valence-corrected chi connectivity index (χ2v) is 6.97. The van der Waals surface area contributed by atoms with Crippen molar-refractivity contribution in [1.29, 1.82) is 0 Å². The standard InChI is InChI=1S/C18H17BrN2O8/c19-8-1-2-10(27-4-3-11-28-5-6-29-11)9(7-8)12-13(17(23)24)15(20)21-16(22)14(12)18(25)26/h1-2,7,11H,3-6H2,(H,23,24)(H,25,26)(H3,20,21,22). The van der Waals surface area contributed by atoms with E-state index < -0.39 is 40.7 Å². The largest absolute Gasteiger partial charge is 0.493 e. The zero-order chi connectivity index (χ0) is 21.1. The topological polar surface area (TPSA) is 161 Å². The first kappa shape index (κ1) is 20.8. The number of nitrogens with one attached hydrogen (secondary N) is 1. The second-order valence-electron chi connectivity index (χ2n) is 6.05. The number of rotatable bonds is 7. The third-order valence-electron chi connectivity index (χ3n) is 4.19. The number of H-pyrrole nitrogens is 1. The van der Waals surface area contributed by atoms with Gasteiger partial charge in [-0.2, -0.15) is 0 Å². The van der Waals surface area contributed by atoms with Gasteiger partial charge >= 0.3 is 11.9 Å². The van der Waals surface area contributed by atoms with E-state index in [1.165, 1.54) is 12.1 Å². The van der Waals surface area contributed by atoms with Crippen LogP contribution in [-0.2, 0) is 9.47 Å². The molecule has 0 aliphatic carbocycles. The lowest BCUT2D eigenvalue weighted by molar-refractivity contribution is -0.0531. The van der Waals surface area contributed by atoms with Gasteiger partial charge in [-0.1, -0.05) is 15.9 Å². The van der Waals surface area contributed by atoms with Gasteiger partial charge < -0.3 is 35.1 Å². The summed E-state index contributed by atoms with van der Waals surface area (Å²) >= 11 is 3.27. The van der Waals surface area contributed by atoms with E-state index in [1.807, 2.05) is 0 Å². The molecule has 11 heteroatoms. The minimum absolute atomic E-state index is 0.0974. The second kappa shape index (κ2) is 8.64. The maximum absolute atomic E-state index is 12.2. The predicted molar refractivity (Wildman–Crippen MR) is 104 cm³/mol. The van der Waals surface area contributed by atoms with Gasteiger partial charge in [0.15, 0.2) is 6.29 Å². The van der Waals surface area contributed by atoms with Crippen molar-refractivity contribution < 1.29 is 34.0 Å². The number of pyridine rings is 1. The Labute approximate surface area is 172 Å². The van der Waals surface area contributed by atoms with Crippen LogP contribution in [0.25, 0.3) is 11.1 Å². The highest BCUT2D eigenvalue weighted by molar-refractivity contribution is 9.10. The van der Waals surface area contributed by atoms with E-state index in [0.717, 1.165) is 0 Å². The molecule has 0 spiro atoms. The highest BCUT2D eigenvalue weighted by Crippen LogP contribution is 2.37. The van der Waals surface area contributed by atoms with Gasteiger partial charge in [0, 0.05) is 22.0 Å². The number of aromatic carboxylic acids is 2. The fraction of sp³-hybridized carbons (Fsp3) is 0.278. The van der Waals surface area contributed by atoms with Crippen molar-refractivity contribution in [2.45, 2.75) is 12.7 Å². The third-order valence-corrected chi connectivity index (χ3v) is 4.68. The summed E-state index contributed by atoms with van der Waals surface area (Å²) in [7, 11) is 0. The molecule has 5 N–H and O–H groups in total. The van der Waals surface area contributed by atoms with Gasteiger partial charge in [-0.25, -0.2) is 9.59 Å². The summed E-state index contributed by atoms with van der Waals surface area (Å²) in [4.78, 5) is 37.9. The molecule has 1 aliphatic heterocycles. The molecule has 2 aromatic rings. The summed E-state index contributed by atoms with van der Waals surface area (Å²) in [5, 5.41) is 19.1. The van der Waals surface area contributed by atoms with Gasteiger partial charge in [0.25, 0.3) is 5.56 Å². The zero-order valence-electron chi connectivity index (χ0n) is 14.9. The molecule has 0 unspecified atom stereocenters. The SMILES string of the molecule is Nc1[nH]c(=O)c(C(=O)O)c(-c2cc(Br)ccc2OCCC2OCCO2)c1C(=O)O. The molecule has 1 aliphatic rings. The van der Waals surface area contributed by atoms with Crippen molar-refractivity contribution in [3.63, 3.8) is 0 Å². The van der Waals surface area contributed by atoms with Crippen LogP contribution in [0.2, 0.25) is 0 Å². The summed E-state index contributed by atoms with van der Waals surface area (Å²) < 4.78 is 16.9. The monoisotopic (exact) mass is 468 g/mol. The lowest BCUT2D eigenvalue weighted by atomic mass is 9.94. The molecule has 154 valence electrons. The summed E-state index contributed by atoms with van der Waals surface area (Å²) in [5.74, 6) is -3.36. The Morgan fingerprint density at radius 2 is 1.86 bits per heavy atom. The summed E-state index contributed by atoms with van der Waals surface area (Å²) in [6.45, 7) is 1.14. The molecule has 3 rings (SSSR count). The van der Waals surface area contributed by atoms with Crippen LogP contribution < -0.4 is 16.0 Å². The molecule has 29 heavy (non-hydrogen) atoms. The Kier molecular flexibility index (Phi) is 6.20. The van der Waals surface area contributed by atoms with Gasteiger partial charge in [0.05, 0.1) is 19.8 Å². The number of anilines is 1. The molecular formula is C18H17BrN2O8. The molecule has 10 nitrogen and oxygen atoms in total. The first-order valence-corrected chi connectivity index (χ1v) is 9.27. The Balaban J connectivity index is 2.11. The van der Waals surface area contributed by atoms with Crippen molar-refractivity contribution in [2.24, 2.45) is 0 Å². The number of aromatic nitrogens is 1. The maximum Gasteiger partial charge on any atom is 0.342 e. The number of carboxylic acids is 2. The van der Waals surface area contributed by atoms with Crippen molar-refractivity contribution in [3.8, 4) is 16.9 Å². The van der Waals surface area contributed by atoms with Crippen LogP contribution in [0.3, 0.4) is 0 Å². The van der Waals surface area contributed by atoms with Gasteiger partial charge in [-0.3, -0.25) is 4.79 Å². The molecule has 0 atom stereocenters. The highest BCUT2D eigenvalue weighted by Gasteiger charge is 2.28. The van der Waals surface area contributed by atoms with Crippen LogP contribution in [0.1, 0.15) is 27.1 Å². The van der Waals surface area contributed by atoms with Gasteiger partial charge in [-0.15, -0.1) is 0 Å². The van der Waals surface area contributed by atoms with Crippen LogP contribution in [0.5, 0.6) is 5.75 Å². The van der Waals surface area contributed by atoms with Crippen LogP contribution in [-0.4, -0.2) is 53.2 Å². The minimum atomic E-state index is -1.59. The minimum Gasteiger partial charge on any atom is -0.493 e. The lowest BCUT2D eigenvalue weighted by Gasteiger charge is -2.17. The number of ether oxygens (including phenoxy) is 3. The van der Waals surface area contributed by atoms with Crippen molar-refractivity contribution in [1.82, 2.24) is 4.98 Å². The number of nitrogen functional groups attached to an aromatic ring is 1. The first-order valence-electron chi connectivity index (χ1n) is 8.48. The molecule has 0 saturated carbocycles.